The fourth-order valence-electron chi connectivity index (χ4n) is 2.77. The summed E-state index contributed by atoms with van der Waals surface area (Å²) >= 11 is 0. The van der Waals surface area contributed by atoms with Crippen LogP contribution in [0.3, 0.4) is 0 Å². The predicted octanol–water partition coefficient (Wildman–Crippen LogP) is 0.671. The van der Waals surface area contributed by atoms with Crippen LogP contribution in [0.2, 0.25) is 0 Å². The monoisotopic (exact) mass is 384 g/mol. The molecule has 26 heavy (non-hydrogen) atoms. The van der Waals surface area contributed by atoms with Crippen LogP contribution in [-0.2, 0) is 14.8 Å². The number of carbonyl (C=O) groups is 2. The van der Waals surface area contributed by atoms with Gasteiger partial charge in [-0.25, -0.2) is 13.2 Å². The lowest BCUT2D eigenvalue weighted by Gasteiger charge is -2.29. The molecule has 0 spiro atoms. The molecule has 0 aromatic heterocycles. The largest absolute Gasteiger partial charge is 0.480 e. The summed E-state index contributed by atoms with van der Waals surface area (Å²) in [4.78, 5) is 23.2. The van der Waals surface area contributed by atoms with Gasteiger partial charge in [0, 0.05) is 18.7 Å². The summed E-state index contributed by atoms with van der Waals surface area (Å²) in [6.45, 7) is 4.30. The van der Waals surface area contributed by atoms with Gasteiger partial charge in [-0.05, 0) is 49.9 Å². The van der Waals surface area contributed by atoms with E-state index >= 15 is 0 Å². The van der Waals surface area contributed by atoms with Crippen molar-refractivity contribution in [2.24, 2.45) is 5.92 Å². The molecule has 1 aromatic rings. The van der Waals surface area contributed by atoms with Crippen LogP contribution in [0, 0.1) is 5.92 Å². The van der Waals surface area contributed by atoms with Crippen molar-refractivity contribution in [1.82, 2.24) is 9.62 Å². The Hall–Kier alpha value is -1.97. The number of amides is 1. The molecule has 0 radical (unpaired) electrons. The number of hydrogen-bond acceptors (Lipinski definition) is 5. The number of carboxylic acids is 1. The Bertz CT molecular complexity index is 752. The third kappa shape index (κ3) is 4.60. The smallest absolute Gasteiger partial charge is 0.328 e. The first kappa shape index (κ1) is 20.3. The first-order valence-electron chi connectivity index (χ1n) is 8.45. The molecule has 3 N–H and O–H groups in total. The number of hydrogen-bond donors (Lipinski definition) is 3. The van der Waals surface area contributed by atoms with E-state index in [-0.39, 0.29) is 10.5 Å². The van der Waals surface area contributed by atoms with Crippen LogP contribution in [0.1, 0.15) is 37.0 Å². The second kappa shape index (κ2) is 8.15. The minimum absolute atomic E-state index is 0.0916. The summed E-state index contributed by atoms with van der Waals surface area (Å²) in [7, 11) is -3.61. The van der Waals surface area contributed by atoms with Gasteiger partial charge in [-0.3, -0.25) is 4.79 Å². The van der Waals surface area contributed by atoms with Gasteiger partial charge in [-0.15, -0.1) is 0 Å². The standard InChI is InChI=1S/C17H24N2O6S/c1-11-7-9-19(10-8-11)26(24,25)14-5-3-13(4-6-14)16(21)18-15(12(2)20)17(22)23/h3-6,11-12,15,20H,7-10H2,1-2H3,(H,18,21)(H,22,23)/t12-,15+/m1/s1. The lowest BCUT2D eigenvalue weighted by Crippen LogP contribution is -2.47. The molecule has 0 unspecified atom stereocenters. The molecule has 1 aromatic carbocycles. The van der Waals surface area contributed by atoms with Gasteiger partial charge in [0.25, 0.3) is 5.91 Å². The van der Waals surface area contributed by atoms with Gasteiger partial charge in [-0.2, -0.15) is 4.31 Å². The topological polar surface area (TPSA) is 124 Å². The Morgan fingerprint density at radius 3 is 2.19 bits per heavy atom. The summed E-state index contributed by atoms with van der Waals surface area (Å²) in [6, 6.07) is 3.88. The molecule has 9 heteroatoms. The zero-order valence-corrected chi connectivity index (χ0v) is 15.6. The Morgan fingerprint density at radius 1 is 1.19 bits per heavy atom. The van der Waals surface area contributed by atoms with Crippen molar-refractivity contribution in [3.8, 4) is 0 Å². The number of aliphatic hydroxyl groups is 1. The van der Waals surface area contributed by atoms with Crippen molar-refractivity contribution in [2.45, 2.75) is 43.7 Å². The van der Waals surface area contributed by atoms with Gasteiger partial charge >= 0.3 is 5.97 Å². The normalized spacial score (nSPS) is 18.9. The Kier molecular flexibility index (Phi) is 6.38. The summed E-state index contributed by atoms with van der Waals surface area (Å²) in [5, 5.41) is 20.6. The highest BCUT2D eigenvalue weighted by atomic mass is 32.2. The number of nitrogens with one attached hydrogen (secondary N) is 1. The molecule has 1 fully saturated rings. The Morgan fingerprint density at radius 2 is 1.73 bits per heavy atom. The molecule has 2 rings (SSSR count). The van der Waals surface area contributed by atoms with Gasteiger partial charge in [-0.1, -0.05) is 6.92 Å². The van der Waals surface area contributed by atoms with Gasteiger partial charge in [0.1, 0.15) is 0 Å². The second-order valence-corrected chi connectivity index (χ2v) is 8.58. The SMILES string of the molecule is CC1CCN(S(=O)(=O)c2ccc(C(=O)N[C@H](C(=O)O)[C@@H](C)O)cc2)CC1. The van der Waals surface area contributed by atoms with Crippen LogP contribution in [0.4, 0.5) is 0 Å². The van der Waals surface area contributed by atoms with E-state index in [1.807, 2.05) is 0 Å². The third-order valence-corrected chi connectivity index (χ3v) is 6.44. The lowest BCUT2D eigenvalue weighted by atomic mass is 10.0. The van der Waals surface area contributed by atoms with Crippen LogP contribution in [0.5, 0.6) is 0 Å². The van der Waals surface area contributed by atoms with E-state index in [9.17, 15) is 23.1 Å². The van der Waals surface area contributed by atoms with Crippen molar-refractivity contribution < 1.29 is 28.2 Å². The number of aliphatic carboxylic acids is 1. The number of benzene rings is 1. The third-order valence-electron chi connectivity index (χ3n) is 4.53. The number of aliphatic hydroxyl groups excluding tert-OH is 1. The van der Waals surface area contributed by atoms with Crippen LogP contribution in [0.15, 0.2) is 29.2 Å². The van der Waals surface area contributed by atoms with Crippen LogP contribution in [-0.4, -0.2) is 60.0 Å². The molecule has 144 valence electrons. The highest BCUT2D eigenvalue weighted by molar-refractivity contribution is 7.89. The predicted molar refractivity (Wildman–Crippen MR) is 94.2 cm³/mol. The number of sulfonamides is 1. The number of carbonyl (C=O) groups excluding carboxylic acids is 1. The van der Waals surface area contributed by atoms with Gasteiger partial charge in [0.05, 0.1) is 11.0 Å². The van der Waals surface area contributed by atoms with E-state index < -0.39 is 34.0 Å². The van der Waals surface area contributed by atoms with Crippen molar-refractivity contribution >= 4 is 21.9 Å². The zero-order valence-electron chi connectivity index (χ0n) is 14.8. The first-order valence-corrected chi connectivity index (χ1v) is 9.89. The van der Waals surface area contributed by atoms with Crippen LogP contribution >= 0.6 is 0 Å². The van der Waals surface area contributed by atoms with E-state index in [1.54, 1.807) is 0 Å². The van der Waals surface area contributed by atoms with Crippen molar-refractivity contribution in [1.29, 1.82) is 0 Å². The highest BCUT2D eigenvalue weighted by Gasteiger charge is 2.29. The summed E-state index contributed by atoms with van der Waals surface area (Å²) in [5.74, 6) is -1.55. The summed E-state index contributed by atoms with van der Waals surface area (Å²) < 4.78 is 26.7. The van der Waals surface area contributed by atoms with E-state index in [0.717, 1.165) is 12.8 Å². The van der Waals surface area contributed by atoms with E-state index in [4.69, 9.17) is 5.11 Å². The van der Waals surface area contributed by atoms with E-state index in [1.165, 1.54) is 35.5 Å². The Balaban J connectivity index is 2.12. The molecule has 1 heterocycles. The number of nitrogens with zero attached hydrogens (tertiary/aromatic N) is 1. The maximum absolute atomic E-state index is 12.6. The molecular weight excluding hydrogens is 360 g/mol. The number of carboxylic acid groups (broad SMARTS) is 1. The second-order valence-electron chi connectivity index (χ2n) is 6.64. The van der Waals surface area contributed by atoms with Gasteiger partial charge in [0.15, 0.2) is 6.04 Å². The maximum Gasteiger partial charge on any atom is 0.328 e. The van der Waals surface area contributed by atoms with E-state index in [2.05, 4.69) is 12.2 Å². The average molecular weight is 384 g/mol. The molecule has 0 bridgehead atoms. The number of piperidine rings is 1. The van der Waals surface area contributed by atoms with Gasteiger partial charge < -0.3 is 15.5 Å². The minimum atomic E-state index is -3.61. The van der Waals surface area contributed by atoms with Crippen molar-refractivity contribution in [2.75, 3.05) is 13.1 Å². The number of rotatable bonds is 6. The first-order chi connectivity index (χ1) is 12.1. The molecule has 1 saturated heterocycles. The fourth-order valence-corrected chi connectivity index (χ4v) is 4.24. The Labute approximate surface area is 152 Å². The molecule has 1 aliphatic heterocycles. The van der Waals surface area contributed by atoms with Crippen LogP contribution in [0.25, 0.3) is 0 Å². The van der Waals surface area contributed by atoms with E-state index in [0.29, 0.717) is 19.0 Å². The molecule has 0 saturated carbocycles. The van der Waals surface area contributed by atoms with Gasteiger partial charge in [0.2, 0.25) is 10.0 Å². The quantitative estimate of drug-likeness (QED) is 0.662. The highest BCUT2D eigenvalue weighted by Crippen LogP contribution is 2.23. The van der Waals surface area contributed by atoms with Crippen molar-refractivity contribution in [3.63, 3.8) is 0 Å². The zero-order chi connectivity index (χ0) is 19.5. The lowest BCUT2D eigenvalue weighted by molar-refractivity contribution is -0.141. The molecular formula is C17H24N2O6S. The molecule has 1 amide bonds. The summed E-state index contributed by atoms with van der Waals surface area (Å²) in [6.07, 6.45) is 0.364. The molecule has 8 nitrogen and oxygen atoms in total. The fraction of sp³-hybridized carbons (Fsp3) is 0.529. The molecule has 0 aliphatic carbocycles. The minimum Gasteiger partial charge on any atom is -0.480 e. The summed E-state index contributed by atoms with van der Waals surface area (Å²) in [5.41, 5.74) is 0.114. The molecule has 2 atom stereocenters. The molecule has 1 aliphatic rings. The van der Waals surface area contributed by atoms with Crippen LogP contribution < -0.4 is 5.32 Å². The maximum atomic E-state index is 12.6. The van der Waals surface area contributed by atoms with Crippen molar-refractivity contribution in [3.05, 3.63) is 29.8 Å². The average Bonchev–Trinajstić information content (AvgIpc) is 2.59.